The van der Waals surface area contributed by atoms with Gasteiger partial charge in [0, 0.05) is 32.7 Å². The lowest BCUT2D eigenvalue weighted by Gasteiger charge is -2.36. The van der Waals surface area contributed by atoms with Crippen molar-refractivity contribution in [1.29, 1.82) is 0 Å². The van der Waals surface area contributed by atoms with Crippen LogP contribution in [0.25, 0.3) is 0 Å². The predicted molar refractivity (Wildman–Crippen MR) is 124 cm³/mol. The SMILES string of the molecule is CSCCC(NC(=O)c1ccco1)C(=O)N1CCN(CC(=O)NCc2ccccc2)CC1. The molecule has 3 amide bonds. The van der Waals surface area contributed by atoms with Gasteiger partial charge in [-0.05, 0) is 36.1 Å². The Morgan fingerprint density at radius 2 is 1.81 bits per heavy atom. The largest absolute Gasteiger partial charge is 0.459 e. The summed E-state index contributed by atoms with van der Waals surface area (Å²) in [6.07, 6.45) is 3.95. The van der Waals surface area contributed by atoms with E-state index in [1.165, 1.54) is 6.26 Å². The first-order chi connectivity index (χ1) is 15.6. The summed E-state index contributed by atoms with van der Waals surface area (Å²) in [7, 11) is 0. The topological polar surface area (TPSA) is 94.9 Å². The molecule has 32 heavy (non-hydrogen) atoms. The average Bonchev–Trinajstić information content (AvgIpc) is 3.36. The second-order valence-electron chi connectivity index (χ2n) is 7.65. The van der Waals surface area contributed by atoms with Crippen molar-refractivity contribution in [3.63, 3.8) is 0 Å². The molecule has 1 aliphatic rings. The highest BCUT2D eigenvalue weighted by atomic mass is 32.2. The van der Waals surface area contributed by atoms with Crippen molar-refractivity contribution in [3.05, 3.63) is 60.1 Å². The summed E-state index contributed by atoms with van der Waals surface area (Å²) in [6.45, 7) is 3.09. The molecule has 0 radical (unpaired) electrons. The van der Waals surface area contributed by atoms with E-state index in [4.69, 9.17) is 4.42 Å². The first-order valence-corrected chi connectivity index (χ1v) is 12.1. The van der Waals surface area contributed by atoms with Gasteiger partial charge in [0.15, 0.2) is 5.76 Å². The molecule has 0 spiro atoms. The van der Waals surface area contributed by atoms with E-state index in [2.05, 4.69) is 10.6 Å². The first kappa shape index (κ1) is 23.9. The fraction of sp³-hybridized carbons (Fsp3) is 0.435. The normalized spacial score (nSPS) is 15.2. The summed E-state index contributed by atoms with van der Waals surface area (Å²) < 4.78 is 5.14. The number of carbonyl (C=O) groups excluding carboxylic acids is 3. The van der Waals surface area contributed by atoms with Crippen LogP contribution in [0.1, 0.15) is 22.5 Å². The molecule has 1 atom stereocenters. The third-order valence-electron chi connectivity index (χ3n) is 5.34. The highest BCUT2D eigenvalue weighted by Gasteiger charge is 2.29. The molecule has 9 heteroatoms. The number of amides is 3. The Hall–Kier alpha value is -2.78. The molecule has 1 fully saturated rings. The van der Waals surface area contributed by atoms with Gasteiger partial charge >= 0.3 is 0 Å². The fourth-order valence-electron chi connectivity index (χ4n) is 3.53. The van der Waals surface area contributed by atoms with Crippen LogP contribution >= 0.6 is 11.8 Å². The monoisotopic (exact) mass is 458 g/mol. The Kier molecular flexibility index (Phi) is 9.18. The van der Waals surface area contributed by atoms with Gasteiger partial charge in [-0.15, -0.1) is 0 Å². The maximum absolute atomic E-state index is 13.1. The molecule has 1 aliphatic heterocycles. The number of furan rings is 1. The minimum Gasteiger partial charge on any atom is -0.459 e. The Morgan fingerprint density at radius 1 is 1.06 bits per heavy atom. The zero-order valence-electron chi connectivity index (χ0n) is 18.3. The standard InChI is InChI=1S/C23H30N4O4S/c1-32-15-9-19(25-22(29)20-8-5-14-31-20)23(30)27-12-10-26(11-13-27)17-21(28)24-16-18-6-3-2-4-7-18/h2-8,14,19H,9-13,15-17H2,1H3,(H,24,28)(H,25,29). The minimum atomic E-state index is -0.597. The Balaban J connectivity index is 1.45. The van der Waals surface area contributed by atoms with Gasteiger partial charge in [-0.1, -0.05) is 30.3 Å². The molecule has 2 heterocycles. The average molecular weight is 459 g/mol. The number of hydrogen-bond acceptors (Lipinski definition) is 6. The molecular weight excluding hydrogens is 428 g/mol. The molecular formula is C23H30N4O4S. The van der Waals surface area contributed by atoms with E-state index in [9.17, 15) is 14.4 Å². The maximum atomic E-state index is 13.1. The highest BCUT2D eigenvalue weighted by Crippen LogP contribution is 2.10. The Bertz CT molecular complexity index is 867. The van der Waals surface area contributed by atoms with Crippen LogP contribution in [0.5, 0.6) is 0 Å². The smallest absolute Gasteiger partial charge is 0.287 e. The van der Waals surface area contributed by atoms with Gasteiger partial charge in [0.25, 0.3) is 5.91 Å². The molecule has 1 aromatic heterocycles. The molecule has 0 aliphatic carbocycles. The van der Waals surface area contributed by atoms with E-state index in [1.807, 2.05) is 41.5 Å². The molecule has 0 saturated carbocycles. The predicted octanol–water partition coefficient (Wildman–Crippen LogP) is 1.59. The number of thioether (sulfide) groups is 1. The first-order valence-electron chi connectivity index (χ1n) is 10.7. The molecule has 8 nitrogen and oxygen atoms in total. The van der Waals surface area contributed by atoms with Crippen LogP contribution in [-0.2, 0) is 16.1 Å². The van der Waals surface area contributed by atoms with E-state index in [0.717, 1.165) is 11.3 Å². The van der Waals surface area contributed by atoms with Crippen molar-refractivity contribution in [2.24, 2.45) is 0 Å². The van der Waals surface area contributed by atoms with Crippen molar-refractivity contribution in [1.82, 2.24) is 20.4 Å². The van der Waals surface area contributed by atoms with Crippen molar-refractivity contribution in [2.75, 3.05) is 44.7 Å². The van der Waals surface area contributed by atoms with Crippen molar-refractivity contribution in [2.45, 2.75) is 19.0 Å². The van der Waals surface area contributed by atoms with Gasteiger partial charge in [-0.25, -0.2) is 0 Å². The summed E-state index contributed by atoms with van der Waals surface area (Å²) in [4.78, 5) is 41.5. The van der Waals surface area contributed by atoms with E-state index in [-0.39, 0.29) is 23.5 Å². The van der Waals surface area contributed by atoms with Crippen molar-refractivity contribution in [3.8, 4) is 0 Å². The number of nitrogens with one attached hydrogen (secondary N) is 2. The lowest BCUT2D eigenvalue weighted by atomic mass is 10.1. The van der Waals surface area contributed by atoms with Gasteiger partial charge in [0.05, 0.1) is 12.8 Å². The number of rotatable bonds is 10. The van der Waals surface area contributed by atoms with Crippen LogP contribution in [0.15, 0.2) is 53.1 Å². The third-order valence-corrected chi connectivity index (χ3v) is 5.99. The molecule has 0 bridgehead atoms. The number of piperazine rings is 1. The number of nitrogens with zero attached hydrogens (tertiary/aromatic N) is 2. The van der Waals surface area contributed by atoms with Crippen LogP contribution < -0.4 is 10.6 Å². The lowest BCUT2D eigenvalue weighted by molar-refractivity contribution is -0.135. The molecule has 3 rings (SSSR count). The van der Waals surface area contributed by atoms with Crippen LogP contribution in [0, 0.1) is 0 Å². The second kappa shape index (κ2) is 12.3. The number of hydrogen-bond donors (Lipinski definition) is 2. The van der Waals surface area contributed by atoms with Crippen molar-refractivity contribution >= 4 is 29.5 Å². The second-order valence-corrected chi connectivity index (χ2v) is 8.63. The Morgan fingerprint density at radius 3 is 2.47 bits per heavy atom. The summed E-state index contributed by atoms with van der Waals surface area (Å²) in [5.41, 5.74) is 1.06. The van der Waals surface area contributed by atoms with Gasteiger partial charge < -0.3 is 20.0 Å². The molecule has 2 aromatic rings. The fourth-order valence-corrected chi connectivity index (χ4v) is 4.00. The summed E-state index contributed by atoms with van der Waals surface area (Å²) >= 11 is 1.63. The van der Waals surface area contributed by atoms with E-state index in [1.54, 1.807) is 28.8 Å². The van der Waals surface area contributed by atoms with Crippen LogP contribution in [0.2, 0.25) is 0 Å². The number of carbonyl (C=O) groups is 3. The van der Waals surface area contributed by atoms with Gasteiger partial charge in [0.2, 0.25) is 11.8 Å². The van der Waals surface area contributed by atoms with Crippen LogP contribution in [0.4, 0.5) is 0 Å². The summed E-state index contributed by atoms with van der Waals surface area (Å²) in [5, 5.41) is 5.75. The zero-order chi connectivity index (χ0) is 22.8. The summed E-state index contributed by atoms with van der Waals surface area (Å²) in [6, 6.07) is 12.4. The highest BCUT2D eigenvalue weighted by molar-refractivity contribution is 7.98. The molecule has 1 aromatic carbocycles. The lowest BCUT2D eigenvalue weighted by Crippen LogP contribution is -2.56. The van der Waals surface area contributed by atoms with Crippen molar-refractivity contribution < 1.29 is 18.8 Å². The van der Waals surface area contributed by atoms with Gasteiger partial charge in [-0.2, -0.15) is 11.8 Å². The molecule has 1 unspecified atom stereocenters. The van der Waals surface area contributed by atoms with Crippen LogP contribution in [-0.4, -0.2) is 78.3 Å². The molecule has 172 valence electrons. The van der Waals surface area contributed by atoms with E-state index < -0.39 is 6.04 Å². The van der Waals surface area contributed by atoms with Gasteiger partial charge in [-0.3, -0.25) is 19.3 Å². The molecule has 1 saturated heterocycles. The quantitative estimate of drug-likeness (QED) is 0.562. The minimum absolute atomic E-state index is 0.0304. The number of benzene rings is 1. The van der Waals surface area contributed by atoms with E-state index >= 15 is 0 Å². The third kappa shape index (κ3) is 7.13. The van der Waals surface area contributed by atoms with Crippen LogP contribution in [0.3, 0.4) is 0 Å². The maximum Gasteiger partial charge on any atom is 0.287 e. The summed E-state index contributed by atoms with van der Waals surface area (Å²) in [5.74, 6) is 0.446. The van der Waals surface area contributed by atoms with Gasteiger partial charge in [0.1, 0.15) is 6.04 Å². The zero-order valence-corrected chi connectivity index (χ0v) is 19.1. The van der Waals surface area contributed by atoms with E-state index in [0.29, 0.717) is 45.7 Å². The Labute approximate surface area is 192 Å². The molecule has 2 N–H and O–H groups in total.